The minimum atomic E-state index is -1.80. The summed E-state index contributed by atoms with van der Waals surface area (Å²) in [5, 5.41) is 6.18. The third kappa shape index (κ3) is 5.36. The summed E-state index contributed by atoms with van der Waals surface area (Å²) in [6, 6.07) is 9.68. The van der Waals surface area contributed by atoms with E-state index in [0.717, 1.165) is 6.20 Å². The van der Waals surface area contributed by atoms with E-state index in [4.69, 9.17) is 0 Å². The van der Waals surface area contributed by atoms with Gasteiger partial charge in [-0.1, -0.05) is 33.9 Å². The van der Waals surface area contributed by atoms with Crippen molar-refractivity contribution in [2.45, 2.75) is 44.9 Å². The van der Waals surface area contributed by atoms with E-state index < -0.39 is 25.4 Å². The predicted octanol–water partition coefficient (Wildman–Crippen LogP) is 4.77. The number of anilines is 2. The molecule has 0 fully saturated rings. The minimum absolute atomic E-state index is 0.0499. The summed E-state index contributed by atoms with van der Waals surface area (Å²) in [4.78, 5) is 41.9. The summed E-state index contributed by atoms with van der Waals surface area (Å²) in [6.45, 7) is 10.9. The number of hydrogen-bond donors (Lipinski definition) is 2. The smallest absolute Gasteiger partial charge is 0.263 e. The van der Waals surface area contributed by atoms with E-state index in [1.54, 1.807) is 25.2 Å². The monoisotopic (exact) mass is 468 g/mol. The van der Waals surface area contributed by atoms with Gasteiger partial charge >= 0.3 is 0 Å². The number of hydrogen-bond acceptors (Lipinski definition) is 4. The van der Waals surface area contributed by atoms with Crippen LogP contribution in [0.4, 0.5) is 15.9 Å². The van der Waals surface area contributed by atoms with Crippen LogP contribution in [0.15, 0.2) is 47.4 Å². The number of halogens is 1. The maximum Gasteiger partial charge on any atom is 0.263 e. The lowest BCUT2D eigenvalue weighted by Gasteiger charge is -2.36. The van der Waals surface area contributed by atoms with Gasteiger partial charge in [0.15, 0.2) is 0 Å². The zero-order chi connectivity index (χ0) is 24.6. The number of aromatic nitrogens is 2. The van der Waals surface area contributed by atoms with E-state index >= 15 is 0 Å². The fourth-order valence-electron chi connectivity index (χ4n) is 3.23. The molecule has 174 valence electrons. The number of rotatable bonds is 5. The second kappa shape index (κ2) is 8.90. The van der Waals surface area contributed by atoms with Crippen molar-refractivity contribution >= 4 is 42.3 Å². The molecule has 2 N–H and O–H groups in total. The van der Waals surface area contributed by atoms with Gasteiger partial charge in [0.05, 0.1) is 19.8 Å². The van der Waals surface area contributed by atoms with Crippen molar-refractivity contribution in [1.29, 1.82) is 0 Å². The van der Waals surface area contributed by atoms with E-state index in [1.807, 2.05) is 0 Å². The van der Waals surface area contributed by atoms with Crippen LogP contribution in [0.3, 0.4) is 0 Å². The number of aryl methyl sites for hydroxylation is 1. The summed E-state index contributed by atoms with van der Waals surface area (Å²) >= 11 is 0. The second-order valence-corrected chi connectivity index (χ2v) is 15.5. The Labute approximate surface area is 193 Å². The van der Waals surface area contributed by atoms with Crippen LogP contribution in [-0.4, -0.2) is 29.4 Å². The van der Waals surface area contributed by atoms with Crippen molar-refractivity contribution < 1.29 is 14.0 Å². The molecule has 0 aliphatic rings. The highest BCUT2D eigenvalue weighted by Crippen LogP contribution is 2.38. The molecule has 0 saturated heterocycles. The highest BCUT2D eigenvalue weighted by atomic mass is 28.3. The number of pyridine rings is 2. The van der Waals surface area contributed by atoms with Gasteiger partial charge in [-0.15, -0.1) is 0 Å². The van der Waals surface area contributed by atoms with Crippen LogP contribution in [0.2, 0.25) is 24.2 Å². The molecule has 0 aliphatic carbocycles. The SMILES string of the molecule is Cn1c(=O)c(C(=O)Nc2ccc(F)cn2)cc2cc(NC(=O)C[Si](C)(C)C(C)(C)C)ccc21. The highest BCUT2D eigenvalue weighted by Gasteiger charge is 2.36. The molecule has 1 aromatic carbocycles. The molecule has 0 saturated carbocycles. The number of carbonyl (C=O) groups excluding carboxylic acids is 2. The van der Waals surface area contributed by atoms with E-state index in [-0.39, 0.29) is 22.3 Å². The third-order valence-corrected chi connectivity index (χ3v) is 11.6. The Morgan fingerprint density at radius 2 is 1.79 bits per heavy atom. The highest BCUT2D eigenvalue weighted by molar-refractivity contribution is 6.82. The number of amides is 2. The molecule has 0 unspecified atom stereocenters. The van der Waals surface area contributed by atoms with Gasteiger partial charge in [-0.2, -0.15) is 0 Å². The quantitative estimate of drug-likeness (QED) is 0.528. The van der Waals surface area contributed by atoms with Crippen molar-refractivity contribution in [3.05, 3.63) is 64.3 Å². The molecule has 7 nitrogen and oxygen atoms in total. The zero-order valence-corrected chi connectivity index (χ0v) is 20.7. The molecule has 0 bridgehead atoms. The first-order chi connectivity index (χ1) is 15.3. The van der Waals surface area contributed by atoms with Gasteiger partial charge in [-0.05, 0) is 41.4 Å². The maximum atomic E-state index is 13.1. The number of nitrogens with zero attached hydrogens (tertiary/aromatic N) is 2. The Kier molecular flexibility index (Phi) is 6.55. The molecular weight excluding hydrogens is 439 g/mol. The third-order valence-electron chi connectivity index (χ3n) is 6.35. The fourth-order valence-corrected chi connectivity index (χ4v) is 4.65. The molecule has 0 aliphatic heterocycles. The Bertz CT molecular complexity index is 1280. The molecule has 2 amide bonds. The van der Waals surface area contributed by atoms with Gasteiger partial charge in [0.25, 0.3) is 11.5 Å². The standard InChI is InChI=1S/C24H29FN4O3Si/c1-24(2,3)33(5,6)14-21(30)27-17-8-9-19-15(11-17)12-18(23(32)29(19)4)22(31)28-20-10-7-16(25)13-26-20/h7-13H,14H2,1-6H3,(H,27,30)(H,26,28,31). The molecule has 0 atom stereocenters. The number of nitrogens with one attached hydrogen (secondary N) is 2. The summed E-state index contributed by atoms with van der Waals surface area (Å²) in [5.41, 5.74) is 0.660. The lowest BCUT2D eigenvalue weighted by atomic mass is 10.1. The summed E-state index contributed by atoms with van der Waals surface area (Å²) in [5.74, 6) is -1.09. The first-order valence-electron chi connectivity index (χ1n) is 10.6. The second-order valence-electron chi connectivity index (χ2n) is 9.87. The normalized spacial score (nSPS) is 12.0. The Morgan fingerprint density at radius 1 is 1.09 bits per heavy atom. The van der Waals surface area contributed by atoms with Gasteiger partial charge in [-0.25, -0.2) is 9.37 Å². The van der Waals surface area contributed by atoms with E-state index in [0.29, 0.717) is 22.6 Å². The van der Waals surface area contributed by atoms with Crippen LogP contribution >= 0.6 is 0 Å². The molecule has 0 radical (unpaired) electrons. The summed E-state index contributed by atoms with van der Waals surface area (Å²) < 4.78 is 14.4. The first kappa shape index (κ1) is 24.3. The van der Waals surface area contributed by atoms with Crippen LogP contribution in [0, 0.1) is 5.82 Å². The summed E-state index contributed by atoms with van der Waals surface area (Å²) in [7, 11) is -0.220. The zero-order valence-electron chi connectivity index (χ0n) is 19.7. The maximum absolute atomic E-state index is 13.1. The average Bonchev–Trinajstić information content (AvgIpc) is 2.71. The van der Waals surface area contributed by atoms with Gasteiger partial charge < -0.3 is 15.2 Å². The molecule has 33 heavy (non-hydrogen) atoms. The van der Waals surface area contributed by atoms with Crippen LogP contribution in [-0.2, 0) is 11.8 Å². The average molecular weight is 469 g/mol. The molecule has 0 spiro atoms. The lowest BCUT2D eigenvalue weighted by Crippen LogP contribution is -2.40. The number of benzene rings is 1. The minimum Gasteiger partial charge on any atom is -0.326 e. The fraction of sp³-hybridized carbons (Fsp3) is 0.333. The first-order valence-corrected chi connectivity index (χ1v) is 13.9. The topological polar surface area (TPSA) is 93.1 Å². The molecule has 2 heterocycles. The van der Waals surface area contributed by atoms with Crippen molar-refractivity contribution in [2.24, 2.45) is 7.05 Å². The molecule has 2 aromatic heterocycles. The van der Waals surface area contributed by atoms with Crippen molar-refractivity contribution in [1.82, 2.24) is 9.55 Å². The predicted molar refractivity (Wildman–Crippen MR) is 132 cm³/mol. The Hall–Kier alpha value is -3.33. The van der Waals surface area contributed by atoms with Crippen LogP contribution < -0.4 is 16.2 Å². The van der Waals surface area contributed by atoms with E-state index in [1.165, 1.54) is 22.8 Å². The molecule has 3 rings (SSSR count). The van der Waals surface area contributed by atoms with Crippen LogP contribution in [0.1, 0.15) is 31.1 Å². The van der Waals surface area contributed by atoms with Crippen LogP contribution in [0.5, 0.6) is 0 Å². The van der Waals surface area contributed by atoms with E-state index in [9.17, 15) is 18.8 Å². The molecule has 9 heteroatoms. The lowest BCUT2D eigenvalue weighted by molar-refractivity contribution is -0.114. The summed E-state index contributed by atoms with van der Waals surface area (Å²) in [6.07, 6.45) is 0.979. The number of fused-ring (bicyclic) bond motifs is 1. The van der Waals surface area contributed by atoms with Crippen LogP contribution in [0.25, 0.3) is 10.9 Å². The molecule has 3 aromatic rings. The van der Waals surface area contributed by atoms with E-state index in [2.05, 4.69) is 49.5 Å². The van der Waals surface area contributed by atoms with Gasteiger partial charge in [-0.3, -0.25) is 14.4 Å². The van der Waals surface area contributed by atoms with Gasteiger partial charge in [0.2, 0.25) is 5.91 Å². The largest absolute Gasteiger partial charge is 0.326 e. The van der Waals surface area contributed by atoms with Gasteiger partial charge in [0, 0.05) is 24.2 Å². The van der Waals surface area contributed by atoms with Gasteiger partial charge in [0.1, 0.15) is 17.2 Å². The van der Waals surface area contributed by atoms with Crippen molar-refractivity contribution in [2.75, 3.05) is 10.6 Å². The Balaban J connectivity index is 1.89. The van der Waals surface area contributed by atoms with Crippen molar-refractivity contribution in [3.63, 3.8) is 0 Å². The Morgan fingerprint density at radius 3 is 2.39 bits per heavy atom. The van der Waals surface area contributed by atoms with Crippen molar-refractivity contribution in [3.8, 4) is 0 Å². The number of carbonyl (C=O) groups is 2. The molecular formula is C24H29FN4O3Si.